The van der Waals surface area contributed by atoms with Crippen molar-refractivity contribution in [3.63, 3.8) is 0 Å². The first-order valence-electron chi connectivity index (χ1n) is 9.25. The van der Waals surface area contributed by atoms with E-state index in [-0.39, 0.29) is 31.4 Å². The minimum absolute atomic E-state index is 0.0998. The number of esters is 1. The second-order valence-corrected chi connectivity index (χ2v) is 6.44. The maximum absolute atomic E-state index is 13.4. The van der Waals surface area contributed by atoms with Crippen LogP contribution >= 0.6 is 0 Å². The summed E-state index contributed by atoms with van der Waals surface area (Å²) in [4.78, 5) is 26.7. The first-order chi connectivity index (χ1) is 13.0. The number of amides is 1. The van der Waals surface area contributed by atoms with Crippen LogP contribution in [0.15, 0.2) is 60.7 Å². The third-order valence-corrected chi connectivity index (χ3v) is 4.20. The van der Waals surface area contributed by atoms with Gasteiger partial charge in [-0.15, -0.1) is 0 Å². The number of benzene rings is 2. The summed E-state index contributed by atoms with van der Waals surface area (Å²) >= 11 is 0. The van der Waals surface area contributed by atoms with E-state index in [4.69, 9.17) is 4.74 Å². The molecule has 1 atom stereocenters. The van der Waals surface area contributed by atoms with Gasteiger partial charge in [0.15, 0.2) is 0 Å². The molecule has 0 radical (unpaired) electrons. The van der Waals surface area contributed by atoms with E-state index in [9.17, 15) is 14.7 Å². The highest BCUT2D eigenvalue weighted by Crippen LogP contribution is 2.27. The van der Waals surface area contributed by atoms with E-state index in [1.54, 1.807) is 18.7 Å². The highest BCUT2D eigenvalue weighted by atomic mass is 16.5. The van der Waals surface area contributed by atoms with Crippen molar-refractivity contribution in [2.24, 2.45) is 0 Å². The summed E-state index contributed by atoms with van der Waals surface area (Å²) in [5.41, 5.74) is 1.75. The fraction of sp³-hybridized carbons (Fsp3) is 0.364. The van der Waals surface area contributed by atoms with Crippen LogP contribution in [0.1, 0.15) is 37.3 Å². The smallest absolute Gasteiger partial charge is 0.307 e. The molecule has 5 nitrogen and oxygen atoms in total. The number of carbonyl (C=O) groups excluding carboxylic acids is 2. The van der Waals surface area contributed by atoms with Gasteiger partial charge in [-0.05, 0) is 25.0 Å². The minimum Gasteiger partial charge on any atom is -0.466 e. The van der Waals surface area contributed by atoms with E-state index in [1.165, 1.54) is 0 Å². The third-order valence-electron chi connectivity index (χ3n) is 4.20. The topological polar surface area (TPSA) is 66.8 Å². The Hall–Kier alpha value is -2.66. The van der Waals surface area contributed by atoms with Crippen LogP contribution < -0.4 is 0 Å². The molecule has 144 valence electrons. The summed E-state index contributed by atoms with van der Waals surface area (Å²) in [7, 11) is 0. The number of rotatable bonds is 9. The Morgan fingerprint density at radius 2 is 1.52 bits per heavy atom. The molecule has 1 amide bonds. The molecule has 0 aliphatic carbocycles. The number of hydrogen-bond donors (Lipinski definition) is 1. The van der Waals surface area contributed by atoms with Crippen LogP contribution in [-0.4, -0.2) is 47.7 Å². The molecule has 0 heterocycles. The van der Waals surface area contributed by atoms with E-state index in [0.29, 0.717) is 6.61 Å². The SMILES string of the molecule is CCOC(=O)CCN(CC(C)O)C(=O)C(c1ccccc1)c1ccccc1. The predicted molar refractivity (Wildman–Crippen MR) is 104 cm³/mol. The zero-order chi connectivity index (χ0) is 19.6. The average Bonchev–Trinajstić information content (AvgIpc) is 2.67. The molecule has 0 aliphatic rings. The lowest BCUT2D eigenvalue weighted by molar-refractivity contribution is -0.144. The van der Waals surface area contributed by atoms with Crippen molar-refractivity contribution in [1.82, 2.24) is 4.90 Å². The van der Waals surface area contributed by atoms with E-state index < -0.39 is 12.0 Å². The molecule has 0 spiro atoms. The number of aliphatic hydroxyl groups excluding tert-OH is 1. The maximum Gasteiger partial charge on any atom is 0.307 e. The number of nitrogens with zero attached hydrogens (tertiary/aromatic N) is 1. The van der Waals surface area contributed by atoms with Gasteiger partial charge in [-0.3, -0.25) is 9.59 Å². The standard InChI is InChI=1S/C22H27NO4/c1-3-27-20(25)14-15-23(16-17(2)24)22(26)21(18-10-6-4-7-11-18)19-12-8-5-9-13-19/h4-13,17,21,24H,3,14-16H2,1-2H3. The monoisotopic (exact) mass is 369 g/mol. The van der Waals surface area contributed by atoms with Crippen LogP contribution in [0, 0.1) is 0 Å². The first-order valence-corrected chi connectivity index (χ1v) is 9.25. The molecular weight excluding hydrogens is 342 g/mol. The molecule has 1 N–H and O–H groups in total. The Bertz CT molecular complexity index is 676. The summed E-state index contributed by atoms with van der Waals surface area (Å²) in [6.45, 7) is 4.05. The van der Waals surface area contributed by atoms with Gasteiger partial charge in [0.25, 0.3) is 0 Å². The van der Waals surface area contributed by atoms with E-state index >= 15 is 0 Å². The Kier molecular flexibility index (Phi) is 8.01. The summed E-state index contributed by atoms with van der Waals surface area (Å²) in [5.74, 6) is -0.984. The molecule has 5 heteroatoms. The van der Waals surface area contributed by atoms with Crippen molar-refractivity contribution in [2.75, 3.05) is 19.7 Å². The van der Waals surface area contributed by atoms with Gasteiger partial charge in [-0.2, -0.15) is 0 Å². The van der Waals surface area contributed by atoms with Gasteiger partial charge in [0.05, 0.1) is 25.0 Å². The summed E-state index contributed by atoms with van der Waals surface area (Å²) in [6, 6.07) is 19.1. The largest absolute Gasteiger partial charge is 0.466 e. The molecule has 0 saturated heterocycles. The maximum atomic E-state index is 13.4. The molecule has 0 aromatic heterocycles. The van der Waals surface area contributed by atoms with Crippen molar-refractivity contribution in [3.8, 4) is 0 Å². The van der Waals surface area contributed by atoms with Crippen molar-refractivity contribution in [2.45, 2.75) is 32.3 Å². The number of aliphatic hydroxyl groups is 1. The highest BCUT2D eigenvalue weighted by molar-refractivity contribution is 5.87. The highest BCUT2D eigenvalue weighted by Gasteiger charge is 2.28. The molecule has 2 aromatic carbocycles. The number of hydrogen-bond acceptors (Lipinski definition) is 4. The van der Waals surface area contributed by atoms with Crippen LogP contribution in [0.4, 0.5) is 0 Å². The van der Waals surface area contributed by atoms with Gasteiger partial charge in [0.2, 0.25) is 5.91 Å². The molecular formula is C22H27NO4. The Balaban J connectivity index is 2.30. The molecule has 0 aliphatic heterocycles. The molecule has 0 fully saturated rings. The third kappa shape index (κ3) is 6.22. The van der Waals surface area contributed by atoms with Crippen molar-refractivity contribution < 1.29 is 19.4 Å². The molecule has 1 unspecified atom stereocenters. The normalized spacial score (nSPS) is 11.9. The fourth-order valence-electron chi connectivity index (χ4n) is 3.02. The fourth-order valence-corrected chi connectivity index (χ4v) is 3.02. The summed E-state index contributed by atoms with van der Waals surface area (Å²) in [5, 5.41) is 9.85. The average molecular weight is 369 g/mol. The second-order valence-electron chi connectivity index (χ2n) is 6.44. The molecule has 2 aromatic rings. The Labute approximate surface area is 160 Å². The molecule has 2 rings (SSSR count). The van der Waals surface area contributed by atoms with Crippen LogP contribution in [0.3, 0.4) is 0 Å². The lowest BCUT2D eigenvalue weighted by atomic mass is 9.90. The predicted octanol–water partition coefficient (Wildman–Crippen LogP) is 2.98. The van der Waals surface area contributed by atoms with Crippen LogP contribution in [0.5, 0.6) is 0 Å². The van der Waals surface area contributed by atoms with Gasteiger partial charge in [0, 0.05) is 13.1 Å². The van der Waals surface area contributed by atoms with Crippen LogP contribution in [-0.2, 0) is 14.3 Å². The van der Waals surface area contributed by atoms with Gasteiger partial charge in [0.1, 0.15) is 0 Å². The number of ether oxygens (including phenoxy) is 1. The van der Waals surface area contributed by atoms with Crippen LogP contribution in [0.25, 0.3) is 0 Å². The number of carbonyl (C=O) groups is 2. The van der Waals surface area contributed by atoms with Gasteiger partial charge < -0.3 is 14.7 Å². The van der Waals surface area contributed by atoms with E-state index in [1.807, 2.05) is 60.7 Å². The van der Waals surface area contributed by atoms with E-state index in [0.717, 1.165) is 11.1 Å². The quantitative estimate of drug-likeness (QED) is 0.690. The lowest BCUT2D eigenvalue weighted by Crippen LogP contribution is -2.41. The minimum atomic E-state index is -0.691. The van der Waals surface area contributed by atoms with Gasteiger partial charge in [-0.1, -0.05) is 60.7 Å². The lowest BCUT2D eigenvalue weighted by Gasteiger charge is -2.29. The zero-order valence-corrected chi connectivity index (χ0v) is 15.9. The zero-order valence-electron chi connectivity index (χ0n) is 15.9. The van der Waals surface area contributed by atoms with Gasteiger partial charge >= 0.3 is 5.97 Å². The van der Waals surface area contributed by atoms with E-state index in [2.05, 4.69) is 0 Å². The Morgan fingerprint density at radius 1 is 1.00 bits per heavy atom. The first kappa shape index (κ1) is 20.6. The van der Waals surface area contributed by atoms with Crippen molar-refractivity contribution in [3.05, 3.63) is 71.8 Å². The Morgan fingerprint density at radius 3 is 1.96 bits per heavy atom. The summed E-state index contributed by atoms with van der Waals surface area (Å²) in [6.07, 6.45) is -0.592. The van der Waals surface area contributed by atoms with Crippen molar-refractivity contribution in [1.29, 1.82) is 0 Å². The molecule has 0 saturated carbocycles. The molecule has 0 bridgehead atoms. The van der Waals surface area contributed by atoms with Crippen molar-refractivity contribution >= 4 is 11.9 Å². The summed E-state index contributed by atoms with van der Waals surface area (Å²) < 4.78 is 4.97. The van der Waals surface area contributed by atoms with Gasteiger partial charge in [-0.25, -0.2) is 0 Å². The molecule has 27 heavy (non-hydrogen) atoms. The second kappa shape index (κ2) is 10.5. The van der Waals surface area contributed by atoms with Crippen LogP contribution in [0.2, 0.25) is 0 Å².